The molecule has 0 aromatic heterocycles. The maximum absolute atomic E-state index is 6.71. The molecule has 0 radical (unpaired) electrons. The summed E-state index contributed by atoms with van der Waals surface area (Å²) in [7, 11) is -1.54. The van der Waals surface area contributed by atoms with Crippen molar-refractivity contribution in [3.05, 3.63) is 41.7 Å². The van der Waals surface area contributed by atoms with Crippen LogP contribution in [0.4, 0.5) is 0 Å². The molecule has 0 heterocycles. The number of allylic oxidation sites excluding steroid dienone is 2. The van der Waals surface area contributed by atoms with E-state index in [9.17, 15) is 0 Å². The second kappa shape index (κ2) is 7.12. The first-order valence-corrected chi connectivity index (χ1v) is 10.7. The third-order valence-corrected chi connectivity index (χ3v) is 9.36. The molecule has 0 aliphatic heterocycles. The van der Waals surface area contributed by atoms with Crippen LogP contribution in [0.25, 0.3) is 5.57 Å². The van der Waals surface area contributed by atoms with Crippen LogP contribution in [0.5, 0.6) is 0 Å². The lowest BCUT2D eigenvalue weighted by atomic mass is 9.92. The quantitative estimate of drug-likeness (QED) is 0.584. The molecule has 1 aromatic rings. The van der Waals surface area contributed by atoms with Crippen LogP contribution in [0, 0.1) is 0 Å². The molecule has 1 nitrogen and oxygen atoms in total. The van der Waals surface area contributed by atoms with Crippen LogP contribution >= 0.6 is 0 Å². The minimum atomic E-state index is -1.54. The average molecular weight is 289 g/mol. The first-order chi connectivity index (χ1) is 9.74. The van der Waals surface area contributed by atoms with Gasteiger partial charge in [0.25, 0.3) is 0 Å². The van der Waals surface area contributed by atoms with Gasteiger partial charge in [0.2, 0.25) is 8.32 Å². The highest BCUT2D eigenvalue weighted by Gasteiger charge is 2.32. The number of rotatable bonds is 6. The van der Waals surface area contributed by atoms with E-state index in [2.05, 4.69) is 51.1 Å². The Morgan fingerprint density at radius 2 is 1.50 bits per heavy atom. The first-order valence-electron chi connectivity index (χ1n) is 8.21. The van der Waals surface area contributed by atoms with Crippen LogP contribution in [0.1, 0.15) is 52.0 Å². The molecule has 0 atom stereocenters. The van der Waals surface area contributed by atoms with Crippen molar-refractivity contribution in [2.45, 2.75) is 64.6 Å². The second-order valence-electron chi connectivity index (χ2n) is 5.82. The van der Waals surface area contributed by atoms with Crippen molar-refractivity contribution < 1.29 is 4.43 Å². The van der Waals surface area contributed by atoms with Gasteiger partial charge in [0.15, 0.2) is 0 Å². The highest BCUT2D eigenvalue weighted by atomic mass is 28.4. The van der Waals surface area contributed by atoms with Crippen LogP contribution in [0.2, 0.25) is 18.1 Å². The van der Waals surface area contributed by atoms with Crippen molar-refractivity contribution in [2.75, 3.05) is 0 Å². The smallest absolute Gasteiger partial charge is 0.250 e. The molecule has 0 amide bonds. The predicted molar refractivity (Wildman–Crippen MR) is 90.1 cm³/mol. The van der Waals surface area contributed by atoms with Crippen molar-refractivity contribution >= 4 is 13.9 Å². The van der Waals surface area contributed by atoms with Gasteiger partial charge in [0, 0.05) is 6.42 Å². The molecular formula is C18H28OSi. The van der Waals surface area contributed by atoms with Gasteiger partial charge in [-0.15, -0.1) is 0 Å². The molecule has 1 aromatic carbocycles. The van der Waals surface area contributed by atoms with Crippen molar-refractivity contribution in [1.82, 2.24) is 0 Å². The Bertz CT molecular complexity index is 437. The lowest BCUT2D eigenvalue weighted by molar-refractivity contribution is 0.371. The summed E-state index contributed by atoms with van der Waals surface area (Å²) in [5, 5.41) is 0. The minimum Gasteiger partial charge on any atom is -0.546 e. The highest BCUT2D eigenvalue weighted by Crippen LogP contribution is 2.36. The zero-order chi connectivity index (χ0) is 14.4. The van der Waals surface area contributed by atoms with Gasteiger partial charge < -0.3 is 4.43 Å². The van der Waals surface area contributed by atoms with Crippen LogP contribution in [0.3, 0.4) is 0 Å². The summed E-state index contributed by atoms with van der Waals surface area (Å²) in [6.45, 7) is 6.93. The molecule has 0 spiro atoms. The van der Waals surface area contributed by atoms with Crippen LogP contribution in [-0.4, -0.2) is 8.32 Å². The van der Waals surface area contributed by atoms with Gasteiger partial charge in [0.1, 0.15) is 0 Å². The van der Waals surface area contributed by atoms with E-state index < -0.39 is 8.32 Å². The van der Waals surface area contributed by atoms with E-state index in [0.717, 1.165) is 6.42 Å². The van der Waals surface area contributed by atoms with Gasteiger partial charge in [0.05, 0.1) is 5.76 Å². The molecule has 1 aliphatic rings. The van der Waals surface area contributed by atoms with Gasteiger partial charge in [-0.3, -0.25) is 0 Å². The fourth-order valence-corrected chi connectivity index (χ4v) is 5.84. The van der Waals surface area contributed by atoms with Gasteiger partial charge >= 0.3 is 0 Å². The molecule has 2 rings (SSSR count). The number of hydrogen-bond acceptors (Lipinski definition) is 1. The van der Waals surface area contributed by atoms with Crippen molar-refractivity contribution in [1.29, 1.82) is 0 Å². The van der Waals surface area contributed by atoms with Crippen LogP contribution in [0.15, 0.2) is 36.1 Å². The summed E-state index contributed by atoms with van der Waals surface area (Å²) in [4.78, 5) is 0. The second-order valence-corrected chi connectivity index (χ2v) is 10.5. The standard InChI is InChI=1S/C18H28OSi/c1-4-20(5-2,6-3)19-18-15-11-10-14-17(18)16-12-8-7-9-13-16/h7-9,12-13H,4-6,10-11,14-15H2,1-3H3. The first kappa shape index (κ1) is 15.4. The lowest BCUT2D eigenvalue weighted by Gasteiger charge is -2.33. The van der Waals surface area contributed by atoms with E-state index in [4.69, 9.17) is 4.43 Å². The van der Waals surface area contributed by atoms with E-state index in [1.165, 1.54) is 54.3 Å². The summed E-state index contributed by atoms with van der Waals surface area (Å²) >= 11 is 0. The molecule has 20 heavy (non-hydrogen) atoms. The summed E-state index contributed by atoms with van der Waals surface area (Å²) < 4.78 is 6.71. The molecule has 0 saturated carbocycles. The fraction of sp³-hybridized carbons (Fsp3) is 0.556. The number of hydrogen-bond donors (Lipinski definition) is 0. The van der Waals surface area contributed by atoms with Crippen molar-refractivity contribution in [3.63, 3.8) is 0 Å². The van der Waals surface area contributed by atoms with Gasteiger partial charge in [-0.2, -0.15) is 0 Å². The van der Waals surface area contributed by atoms with Gasteiger partial charge in [-0.25, -0.2) is 0 Å². The van der Waals surface area contributed by atoms with Crippen molar-refractivity contribution in [3.8, 4) is 0 Å². The van der Waals surface area contributed by atoms with E-state index in [-0.39, 0.29) is 0 Å². The predicted octanol–water partition coefficient (Wildman–Crippen LogP) is 5.99. The Hall–Kier alpha value is -1.02. The highest BCUT2D eigenvalue weighted by molar-refractivity contribution is 6.73. The summed E-state index contributed by atoms with van der Waals surface area (Å²) in [6, 6.07) is 14.5. The zero-order valence-electron chi connectivity index (χ0n) is 13.2. The molecule has 0 unspecified atom stereocenters. The molecule has 0 bridgehead atoms. The molecular weight excluding hydrogens is 260 g/mol. The summed E-state index contributed by atoms with van der Waals surface area (Å²) in [5.74, 6) is 1.32. The third kappa shape index (κ3) is 3.35. The largest absolute Gasteiger partial charge is 0.546 e. The monoisotopic (exact) mass is 288 g/mol. The topological polar surface area (TPSA) is 9.23 Å². The molecule has 1 aliphatic carbocycles. The van der Waals surface area contributed by atoms with Crippen LogP contribution in [-0.2, 0) is 4.43 Å². The van der Waals surface area contributed by atoms with E-state index in [1.54, 1.807) is 0 Å². The van der Waals surface area contributed by atoms with E-state index >= 15 is 0 Å². The Balaban J connectivity index is 2.32. The lowest BCUT2D eigenvalue weighted by Crippen LogP contribution is -2.36. The Morgan fingerprint density at radius 1 is 0.900 bits per heavy atom. The zero-order valence-corrected chi connectivity index (χ0v) is 14.2. The maximum atomic E-state index is 6.71. The molecule has 0 saturated heterocycles. The van der Waals surface area contributed by atoms with Gasteiger partial charge in [-0.05, 0) is 48.5 Å². The number of benzene rings is 1. The minimum absolute atomic E-state index is 1.14. The SMILES string of the molecule is CC[Si](CC)(CC)OC1=C(c2ccccc2)CCCC1. The summed E-state index contributed by atoms with van der Waals surface area (Å²) in [6.07, 6.45) is 4.91. The van der Waals surface area contributed by atoms with Crippen molar-refractivity contribution in [2.24, 2.45) is 0 Å². The third-order valence-electron chi connectivity index (χ3n) is 4.81. The van der Waals surface area contributed by atoms with E-state index in [0.29, 0.717) is 0 Å². The Morgan fingerprint density at radius 3 is 2.10 bits per heavy atom. The fourth-order valence-electron chi connectivity index (χ4n) is 3.16. The molecule has 0 fully saturated rings. The Kier molecular flexibility index (Phi) is 5.47. The molecule has 2 heteroatoms. The molecule has 0 N–H and O–H groups in total. The van der Waals surface area contributed by atoms with Gasteiger partial charge in [-0.1, -0.05) is 51.1 Å². The maximum Gasteiger partial charge on any atom is 0.250 e. The average Bonchev–Trinajstić information content (AvgIpc) is 2.54. The van der Waals surface area contributed by atoms with Crippen LogP contribution < -0.4 is 0 Å². The normalized spacial score (nSPS) is 16.4. The summed E-state index contributed by atoms with van der Waals surface area (Å²) in [5.41, 5.74) is 2.84. The van der Waals surface area contributed by atoms with E-state index in [1.807, 2.05) is 0 Å². The molecule has 110 valence electrons. The Labute approximate surface area is 125 Å².